The van der Waals surface area contributed by atoms with E-state index in [1.807, 2.05) is 32.2 Å². The summed E-state index contributed by atoms with van der Waals surface area (Å²) in [6.07, 6.45) is 0. The molecule has 3 aromatic rings. The molecule has 2 aliphatic heterocycles. The number of aryl methyl sites for hydroxylation is 2. The van der Waals surface area contributed by atoms with Gasteiger partial charge in [0.1, 0.15) is 17.3 Å². The van der Waals surface area contributed by atoms with Gasteiger partial charge in [-0.25, -0.2) is 4.39 Å². The van der Waals surface area contributed by atoms with Gasteiger partial charge < -0.3 is 19.7 Å². The number of nitrogens with one attached hydrogen (secondary N) is 1. The number of ether oxygens (including phenoxy) is 2. The van der Waals surface area contributed by atoms with Crippen LogP contribution in [0.5, 0.6) is 11.5 Å². The molecule has 2 aliphatic rings. The van der Waals surface area contributed by atoms with Gasteiger partial charge in [-0.05, 0) is 37.3 Å². The lowest BCUT2D eigenvalue weighted by Crippen LogP contribution is -2.52. The van der Waals surface area contributed by atoms with Crippen LogP contribution in [0.1, 0.15) is 16.1 Å². The van der Waals surface area contributed by atoms with Gasteiger partial charge in [0.05, 0.1) is 29.2 Å². The van der Waals surface area contributed by atoms with E-state index >= 15 is 0 Å². The fourth-order valence-corrected chi connectivity index (χ4v) is 4.35. The number of aromatic nitrogens is 2. The van der Waals surface area contributed by atoms with E-state index in [-0.39, 0.29) is 29.7 Å². The molecule has 176 valence electrons. The standard InChI is InChI=1S/C24H22ClFN4O4/c1-13-5-20(29(2)28-13)17-6-15(25)3-4-21(17)33-11-14-9-30(10-14)24(32)16-7-19-22(8-18(16)26)34-12-23(31)27-19/h3-8,14H,9-12H2,1-2H3,(H,27,31). The van der Waals surface area contributed by atoms with E-state index < -0.39 is 11.7 Å². The fraction of sp³-hybridized carbons (Fsp3) is 0.292. The molecule has 2 amide bonds. The van der Waals surface area contributed by atoms with E-state index in [1.54, 1.807) is 15.6 Å². The Balaban J connectivity index is 1.24. The van der Waals surface area contributed by atoms with Gasteiger partial charge in [-0.2, -0.15) is 5.10 Å². The number of anilines is 1. The van der Waals surface area contributed by atoms with Crippen molar-refractivity contribution in [3.05, 3.63) is 58.5 Å². The first-order valence-corrected chi connectivity index (χ1v) is 11.1. The van der Waals surface area contributed by atoms with Gasteiger partial charge in [-0.3, -0.25) is 14.3 Å². The molecular formula is C24H22ClFN4O4. The van der Waals surface area contributed by atoms with Gasteiger partial charge in [0, 0.05) is 42.7 Å². The number of amides is 2. The number of hydrogen-bond acceptors (Lipinski definition) is 5. The highest BCUT2D eigenvalue weighted by molar-refractivity contribution is 6.31. The fourth-order valence-electron chi connectivity index (χ4n) is 4.18. The third-order valence-electron chi connectivity index (χ3n) is 5.87. The Morgan fingerprint density at radius 1 is 1.29 bits per heavy atom. The number of carbonyl (C=O) groups excluding carboxylic acids is 2. The maximum atomic E-state index is 14.5. The quantitative estimate of drug-likeness (QED) is 0.597. The van der Waals surface area contributed by atoms with Crippen LogP contribution in [-0.2, 0) is 11.8 Å². The van der Waals surface area contributed by atoms with Gasteiger partial charge in [0.2, 0.25) is 0 Å². The summed E-state index contributed by atoms with van der Waals surface area (Å²) >= 11 is 6.21. The molecule has 0 bridgehead atoms. The minimum Gasteiger partial charge on any atom is -0.492 e. The van der Waals surface area contributed by atoms with Crippen molar-refractivity contribution in [2.45, 2.75) is 6.92 Å². The van der Waals surface area contributed by atoms with E-state index in [0.717, 1.165) is 23.0 Å². The van der Waals surface area contributed by atoms with Crippen molar-refractivity contribution in [1.82, 2.24) is 14.7 Å². The molecule has 0 atom stereocenters. The van der Waals surface area contributed by atoms with Crippen LogP contribution in [0.4, 0.5) is 10.1 Å². The number of nitrogens with zero attached hydrogens (tertiary/aromatic N) is 3. The second-order valence-electron chi connectivity index (χ2n) is 8.49. The lowest BCUT2D eigenvalue weighted by atomic mass is 9.99. The Morgan fingerprint density at radius 2 is 2.09 bits per heavy atom. The molecule has 0 saturated carbocycles. The van der Waals surface area contributed by atoms with Crippen LogP contribution in [0.2, 0.25) is 5.02 Å². The SMILES string of the molecule is Cc1cc(-c2cc(Cl)ccc2OCC2CN(C(=O)c3cc4c(cc3F)OCC(=O)N4)C2)n(C)n1. The van der Waals surface area contributed by atoms with Crippen LogP contribution in [-0.4, -0.2) is 52.8 Å². The number of fused-ring (bicyclic) bond motifs is 1. The lowest BCUT2D eigenvalue weighted by molar-refractivity contribution is -0.118. The molecule has 3 heterocycles. The number of carbonyl (C=O) groups is 2. The number of benzene rings is 2. The zero-order valence-electron chi connectivity index (χ0n) is 18.6. The molecule has 2 aromatic carbocycles. The minimum absolute atomic E-state index is 0.101. The molecule has 1 saturated heterocycles. The molecule has 8 nitrogen and oxygen atoms in total. The maximum absolute atomic E-state index is 14.5. The van der Waals surface area contributed by atoms with E-state index in [1.165, 1.54) is 6.07 Å². The summed E-state index contributed by atoms with van der Waals surface area (Å²) in [7, 11) is 1.86. The number of hydrogen-bond donors (Lipinski definition) is 1. The summed E-state index contributed by atoms with van der Waals surface area (Å²) in [6, 6.07) is 9.84. The predicted octanol–water partition coefficient (Wildman–Crippen LogP) is 3.67. The average Bonchev–Trinajstić information content (AvgIpc) is 3.10. The molecule has 0 aliphatic carbocycles. The number of rotatable bonds is 5. The Morgan fingerprint density at radius 3 is 2.82 bits per heavy atom. The van der Waals surface area contributed by atoms with Gasteiger partial charge in [-0.1, -0.05) is 11.6 Å². The molecule has 5 rings (SSSR count). The topological polar surface area (TPSA) is 85.7 Å². The molecule has 0 spiro atoms. The zero-order valence-corrected chi connectivity index (χ0v) is 19.4. The number of halogens is 2. The molecule has 1 fully saturated rings. The van der Waals surface area contributed by atoms with Crippen molar-refractivity contribution < 1.29 is 23.5 Å². The summed E-state index contributed by atoms with van der Waals surface area (Å²) in [4.78, 5) is 25.9. The molecular weight excluding hydrogens is 463 g/mol. The minimum atomic E-state index is -0.683. The average molecular weight is 485 g/mol. The third-order valence-corrected chi connectivity index (χ3v) is 6.11. The molecule has 34 heavy (non-hydrogen) atoms. The Hall–Kier alpha value is -3.59. The first kappa shape index (κ1) is 22.2. The summed E-state index contributed by atoms with van der Waals surface area (Å²) < 4.78 is 27.6. The van der Waals surface area contributed by atoms with Crippen LogP contribution >= 0.6 is 11.6 Å². The zero-order chi connectivity index (χ0) is 24.0. The Kier molecular flexibility index (Phi) is 5.65. The van der Waals surface area contributed by atoms with E-state index in [9.17, 15) is 14.0 Å². The first-order chi connectivity index (χ1) is 16.3. The van der Waals surface area contributed by atoms with Crippen LogP contribution in [0.25, 0.3) is 11.3 Å². The summed E-state index contributed by atoms with van der Waals surface area (Å²) in [5, 5.41) is 7.58. The highest BCUT2D eigenvalue weighted by atomic mass is 35.5. The first-order valence-electron chi connectivity index (χ1n) is 10.8. The van der Waals surface area contributed by atoms with Crippen molar-refractivity contribution >= 4 is 29.1 Å². The van der Waals surface area contributed by atoms with Gasteiger partial charge >= 0.3 is 0 Å². The van der Waals surface area contributed by atoms with Gasteiger partial charge in [-0.15, -0.1) is 0 Å². The Labute approximate surface area is 200 Å². The largest absolute Gasteiger partial charge is 0.492 e. The molecule has 1 N–H and O–H groups in total. The third kappa shape index (κ3) is 4.19. The summed E-state index contributed by atoms with van der Waals surface area (Å²) in [5.74, 6) is -0.476. The normalized spacial score (nSPS) is 15.3. The van der Waals surface area contributed by atoms with E-state index in [2.05, 4.69) is 10.4 Å². The monoisotopic (exact) mass is 484 g/mol. The summed E-state index contributed by atoms with van der Waals surface area (Å²) in [5.41, 5.74) is 2.80. The molecule has 10 heteroatoms. The van der Waals surface area contributed by atoms with Crippen LogP contribution in [0.3, 0.4) is 0 Å². The van der Waals surface area contributed by atoms with Crippen molar-refractivity contribution in [3.8, 4) is 22.8 Å². The lowest BCUT2D eigenvalue weighted by Gasteiger charge is -2.39. The van der Waals surface area contributed by atoms with Crippen molar-refractivity contribution in [3.63, 3.8) is 0 Å². The van der Waals surface area contributed by atoms with E-state index in [0.29, 0.717) is 36.2 Å². The second kappa shape index (κ2) is 8.64. The predicted molar refractivity (Wildman–Crippen MR) is 124 cm³/mol. The molecule has 0 unspecified atom stereocenters. The van der Waals surface area contributed by atoms with E-state index in [4.69, 9.17) is 21.1 Å². The van der Waals surface area contributed by atoms with Crippen LogP contribution in [0, 0.1) is 18.7 Å². The maximum Gasteiger partial charge on any atom is 0.262 e. The Bertz CT molecular complexity index is 1300. The molecule has 0 radical (unpaired) electrons. The van der Waals surface area contributed by atoms with Crippen molar-refractivity contribution in [2.75, 3.05) is 31.6 Å². The highest BCUT2D eigenvalue weighted by Gasteiger charge is 2.34. The highest BCUT2D eigenvalue weighted by Crippen LogP contribution is 2.35. The van der Waals surface area contributed by atoms with Gasteiger partial charge in [0.15, 0.2) is 6.61 Å². The smallest absolute Gasteiger partial charge is 0.262 e. The van der Waals surface area contributed by atoms with Crippen LogP contribution < -0.4 is 14.8 Å². The van der Waals surface area contributed by atoms with Crippen molar-refractivity contribution in [1.29, 1.82) is 0 Å². The number of likely N-dealkylation sites (tertiary alicyclic amines) is 1. The molecule has 1 aromatic heterocycles. The second-order valence-corrected chi connectivity index (χ2v) is 8.92. The van der Waals surface area contributed by atoms with Crippen molar-refractivity contribution in [2.24, 2.45) is 13.0 Å². The van der Waals surface area contributed by atoms with Crippen LogP contribution in [0.15, 0.2) is 36.4 Å². The van der Waals surface area contributed by atoms with Gasteiger partial charge in [0.25, 0.3) is 11.8 Å². The summed E-state index contributed by atoms with van der Waals surface area (Å²) in [6.45, 7) is 3.01.